The Hall–Kier alpha value is -2.59. The third-order valence-corrected chi connectivity index (χ3v) is 7.54. The minimum absolute atomic E-state index is 0.0630. The van der Waals surface area contributed by atoms with E-state index in [9.17, 15) is 9.59 Å². The molecular weight excluding hydrogens is 446 g/mol. The molecule has 0 saturated carbocycles. The summed E-state index contributed by atoms with van der Waals surface area (Å²) in [4.78, 5) is 37.0. The molecule has 10 heteroatoms. The van der Waals surface area contributed by atoms with Gasteiger partial charge in [-0.25, -0.2) is 9.97 Å². The lowest BCUT2D eigenvalue weighted by Crippen LogP contribution is -2.37. The van der Waals surface area contributed by atoms with Crippen LogP contribution in [0.2, 0.25) is 0 Å². The first-order valence-electron chi connectivity index (χ1n) is 10.6. The summed E-state index contributed by atoms with van der Waals surface area (Å²) in [6, 6.07) is 1.74. The van der Waals surface area contributed by atoms with E-state index in [1.165, 1.54) is 22.7 Å². The lowest BCUT2D eigenvalue weighted by molar-refractivity contribution is 0.0717. The van der Waals surface area contributed by atoms with E-state index < -0.39 is 0 Å². The van der Waals surface area contributed by atoms with Crippen LogP contribution in [-0.4, -0.2) is 44.9 Å². The highest BCUT2D eigenvalue weighted by molar-refractivity contribution is 7.13. The van der Waals surface area contributed by atoms with Crippen molar-refractivity contribution in [3.8, 4) is 0 Å². The fourth-order valence-corrected chi connectivity index (χ4v) is 5.51. The van der Waals surface area contributed by atoms with Gasteiger partial charge in [0.05, 0.1) is 15.7 Å². The summed E-state index contributed by atoms with van der Waals surface area (Å²) in [6.07, 6.45) is 1.66. The summed E-state index contributed by atoms with van der Waals surface area (Å²) < 4.78 is 5.32. The van der Waals surface area contributed by atoms with Crippen LogP contribution in [0.15, 0.2) is 16.0 Å². The molecule has 3 aromatic rings. The highest BCUT2D eigenvalue weighted by Gasteiger charge is 2.29. The maximum atomic E-state index is 12.8. The van der Waals surface area contributed by atoms with E-state index in [2.05, 4.69) is 20.4 Å². The molecule has 0 unspecified atom stereocenters. The minimum Gasteiger partial charge on any atom is -0.359 e. The smallest absolute Gasteiger partial charge is 0.276 e. The van der Waals surface area contributed by atoms with Crippen molar-refractivity contribution >= 4 is 40.3 Å². The number of hydrogen-bond acceptors (Lipinski definition) is 8. The average Bonchev–Trinajstić information content (AvgIpc) is 3.47. The molecule has 0 bridgehead atoms. The van der Waals surface area contributed by atoms with Crippen molar-refractivity contribution in [1.82, 2.24) is 20.0 Å². The molecule has 8 nitrogen and oxygen atoms in total. The van der Waals surface area contributed by atoms with E-state index in [4.69, 9.17) is 4.52 Å². The van der Waals surface area contributed by atoms with Gasteiger partial charge in [-0.05, 0) is 26.7 Å². The Balaban J connectivity index is 1.35. The molecule has 0 aliphatic carbocycles. The molecule has 1 saturated heterocycles. The Morgan fingerprint density at radius 1 is 1.19 bits per heavy atom. The number of carbonyl (C=O) groups excluding carboxylic acids is 2. The molecule has 1 fully saturated rings. The maximum absolute atomic E-state index is 12.8. The van der Waals surface area contributed by atoms with Crippen molar-refractivity contribution < 1.29 is 14.1 Å². The number of likely N-dealkylation sites (tertiary alicyclic amines) is 1. The first-order chi connectivity index (χ1) is 15.1. The van der Waals surface area contributed by atoms with Gasteiger partial charge in [-0.1, -0.05) is 25.9 Å². The summed E-state index contributed by atoms with van der Waals surface area (Å²) in [5, 5.41) is 10.3. The van der Waals surface area contributed by atoms with Crippen molar-refractivity contribution in [2.24, 2.45) is 0 Å². The monoisotopic (exact) mass is 473 g/mol. The zero-order valence-corrected chi connectivity index (χ0v) is 20.5. The topological polar surface area (TPSA) is 101 Å². The predicted octanol–water partition coefficient (Wildman–Crippen LogP) is 4.77. The number of nitrogens with zero attached hydrogens (tertiary/aromatic N) is 4. The SMILES string of the molecule is Cc1nc(C)c(C(=O)N2CCC(c3nc(C(=O)Nc4cc(C(C)(C)C)on4)cs3)CC2)s1. The lowest BCUT2D eigenvalue weighted by Gasteiger charge is -2.30. The van der Waals surface area contributed by atoms with Crippen molar-refractivity contribution in [2.45, 2.75) is 58.8 Å². The van der Waals surface area contributed by atoms with Crippen LogP contribution in [0.25, 0.3) is 0 Å². The molecule has 3 aromatic heterocycles. The van der Waals surface area contributed by atoms with Crippen LogP contribution in [-0.2, 0) is 5.41 Å². The van der Waals surface area contributed by atoms with Crippen molar-refractivity contribution in [1.29, 1.82) is 0 Å². The fraction of sp³-hybridized carbons (Fsp3) is 0.500. The summed E-state index contributed by atoms with van der Waals surface area (Å²) in [5.41, 5.74) is 0.994. The molecule has 170 valence electrons. The highest BCUT2D eigenvalue weighted by Crippen LogP contribution is 2.32. The Bertz CT molecular complexity index is 1130. The van der Waals surface area contributed by atoms with Gasteiger partial charge in [-0.3, -0.25) is 9.59 Å². The van der Waals surface area contributed by atoms with Gasteiger partial charge in [-0.2, -0.15) is 0 Å². The number of anilines is 1. The van der Waals surface area contributed by atoms with E-state index in [-0.39, 0.29) is 23.1 Å². The first-order valence-corrected chi connectivity index (χ1v) is 12.3. The summed E-state index contributed by atoms with van der Waals surface area (Å²) in [5.74, 6) is 1.10. The Labute approximate surface area is 195 Å². The van der Waals surface area contributed by atoms with E-state index in [1.807, 2.05) is 39.5 Å². The molecule has 0 radical (unpaired) electrons. The Kier molecular flexibility index (Phi) is 6.17. The molecule has 0 spiro atoms. The van der Waals surface area contributed by atoms with Gasteiger partial charge in [0.15, 0.2) is 5.82 Å². The Morgan fingerprint density at radius 3 is 2.50 bits per heavy atom. The molecule has 1 N–H and O–H groups in total. The lowest BCUT2D eigenvalue weighted by atomic mass is 9.93. The molecule has 0 aromatic carbocycles. The van der Waals surface area contributed by atoms with E-state index >= 15 is 0 Å². The Morgan fingerprint density at radius 2 is 1.91 bits per heavy atom. The van der Waals surface area contributed by atoms with Crippen LogP contribution in [0.4, 0.5) is 5.82 Å². The maximum Gasteiger partial charge on any atom is 0.276 e. The van der Waals surface area contributed by atoms with Gasteiger partial charge in [0.1, 0.15) is 16.3 Å². The summed E-state index contributed by atoms with van der Waals surface area (Å²) in [7, 11) is 0. The van der Waals surface area contributed by atoms with Crippen LogP contribution < -0.4 is 5.32 Å². The molecule has 4 rings (SSSR count). The molecule has 2 amide bonds. The number of aromatic nitrogens is 3. The number of piperidine rings is 1. The van der Waals surface area contributed by atoms with Gasteiger partial charge in [0.2, 0.25) is 0 Å². The zero-order valence-electron chi connectivity index (χ0n) is 18.9. The molecule has 4 heterocycles. The van der Waals surface area contributed by atoms with Crippen LogP contribution in [0.5, 0.6) is 0 Å². The number of amides is 2. The minimum atomic E-state index is -0.301. The highest BCUT2D eigenvalue weighted by atomic mass is 32.1. The van der Waals surface area contributed by atoms with Crippen LogP contribution in [0, 0.1) is 13.8 Å². The van der Waals surface area contributed by atoms with Crippen LogP contribution in [0.3, 0.4) is 0 Å². The van der Waals surface area contributed by atoms with Crippen molar-refractivity contribution in [3.63, 3.8) is 0 Å². The number of carbonyl (C=O) groups is 2. The van der Waals surface area contributed by atoms with Crippen molar-refractivity contribution in [3.05, 3.63) is 43.5 Å². The fourth-order valence-electron chi connectivity index (χ4n) is 3.65. The quantitative estimate of drug-likeness (QED) is 0.585. The number of thiazole rings is 2. The van der Waals surface area contributed by atoms with Crippen LogP contribution >= 0.6 is 22.7 Å². The molecule has 1 aliphatic rings. The molecule has 32 heavy (non-hydrogen) atoms. The first kappa shape index (κ1) is 22.6. The van der Waals surface area contributed by atoms with E-state index in [1.54, 1.807) is 11.4 Å². The second-order valence-corrected chi connectivity index (χ2v) is 11.2. The molecular formula is C22H27N5O3S2. The van der Waals surface area contributed by atoms with E-state index in [0.717, 1.165) is 33.4 Å². The van der Waals surface area contributed by atoms with E-state index in [0.29, 0.717) is 30.4 Å². The molecule has 0 atom stereocenters. The van der Waals surface area contributed by atoms with Gasteiger partial charge in [0, 0.05) is 35.9 Å². The van der Waals surface area contributed by atoms with Crippen molar-refractivity contribution in [2.75, 3.05) is 18.4 Å². The second-order valence-electron chi connectivity index (χ2n) is 9.07. The number of nitrogens with one attached hydrogen (secondary N) is 1. The van der Waals surface area contributed by atoms with Gasteiger partial charge >= 0.3 is 0 Å². The standard InChI is InChI=1S/C22H27N5O3S2/c1-12-18(32-13(2)23-12)21(29)27-8-6-14(7-9-27)20-24-15(11-31-20)19(28)25-17-10-16(30-26-17)22(3,4)5/h10-11,14H,6-9H2,1-5H3,(H,25,26,28). The second kappa shape index (κ2) is 8.74. The normalized spacial score (nSPS) is 15.2. The summed E-state index contributed by atoms with van der Waals surface area (Å²) in [6.45, 7) is 11.2. The molecule has 1 aliphatic heterocycles. The van der Waals surface area contributed by atoms with Gasteiger partial charge in [0.25, 0.3) is 11.8 Å². The van der Waals surface area contributed by atoms with Crippen LogP contribution in [0.1, 0.15) is 81.2 Å². The average molecular weight is 474 g/mol. The third-order valence-electron chi connectivity index (χ3n) is 5.47. The number of rotatable bonds is 4. The van der Waals surface area contributed by atoms with Gasteiger partial charge < -0.3 is 14.7 Å². The zero-order chi connectivity index (χ0) is 23.0. The number of hydrogen-bond donors (Lipinski definition) is 1. The van der Waals surface area contributed by atoms with Gasteiger partial charge in [-0.15, -0.1) is 22.7 Å². The number of aryl methyl sites for hydroxylation is 2. The third kappa shape index (κ3) is 4.75. The largest absolute Gasteiger partial charge is 0.359 e. The summed E-state index contributed by atoms with van der Waals surface area (Å²) >= 11 is 2.94. The predicted molar refractivity (Wildman–Crippen MR) is 125 cm³/mol.